The zero-order valence-corrected chi connectivity index (χ0v) is 11.1. The first-order chi connectivity index (χ1) is 9.20. The van der Waals surface area contributed by atoms with Crippen LogP contribution in [0.4, 0.5) is 5.69 Å². The average Bonchev–Trinajstić information content (AvgIpc) is 2.45. The molecule has 1 aromatic rings. The molecule has 100 valence electrons. The first kappa shape index (κ1) is 13.4. The van der Waals surface area contributed by atoms with Gasteiger partial charge in [-0.05, 0) is 19.2 Å². The first-order valence-corrected chi connectivity index (χ1v) is 6.40. The summed E-state index contributed by atoms with van der Waals surface area (Å²) in [6.07, 6.45) is 0. The van der Waals surface area contributed by atoms with Crippen molar-refractivity contribution >= 4 is 11.6 Å². The molecule has 1 aliphatic rings. The topological polar surface area (TPSA) is 59.4 Å². The standard InChI is InChI=1S/C14H18N4O/c1-17-6-8-18(9-7-17)14(19)11-16-13-5-3-2-4-12(13)10-15/h2-5,16H,6-9,11H2,1H3. The maximum absolute atomic E-state index is 12.0. The third-order valence-corrected chi connectivity index (χ3v) is 3.33. The van der Waals surface area contributed by atoms with Gasteiger partial charge >= 0.3 is 0 Å². The predicted octanol–water partition coefficient (Wildman–Crippen LogP) is 0.744. The summed E-state index contributed by atoms with van der Waals surface area (Å²) in [4.78, 5) is 16.1. The molecule has 1 fully saturated rings. The van der Waals surface area contributed by atoms with Gasteiger partial charge in [-0.3, -0.25) is 4.79 Å². The maximum Gasteiger partial charge on any atom is 0.241 e. The van der Waals surface area contributed by atoms with E-state index in [4.69, 9.17) is 5.26 Å². The molecule has 1 aliphatic heterocycles. The van der Waals surface area contributed by atoms with Gasteiger partial charge in [0.15, 0.2) is 0 Å². The summed E-state index contributed by atoms with van der Waals surface area (Å²) in [5.74, 6) is 0.0841. The van der Waals surface area contributed by atoms with Gasteiger partial charge in [-0.15, -0.1) is 0 Å². The Balaban J connectivity index is 1.88. The molecule has 0 aromatic heterocycles. The van der Waals surface area contributed by atoms with Gasteiger partial charge in [-0.2, -0.15) is 5.26 Å². The van der Waals surface area contributed by atoms with Crippen molar-refractivity contribution in [1.82, 2.24) is 9.80 Å². The van der Waals surface area contributed by atoms with E-state index in [1.165, 1.54) is 0 Å². The summed E-state index contributed by atoms with van der Waals surface area (Å²) in [6, 6.07) is 9.33. The molecule has 0 bridgehead atoms. The SMILES string of the molecule is CN1CCN(C(=O)CNc2ccccc2C#N)CC1. The van der Waals surface area contributed by atoms with Crippen LogP contribution in [0.15, 0.2) is 24.3 Å². The molecule has 2 rings (SSSR count). The van der Waals surface area contributed by atoms with Crippen molar-refractivity contribution in [3.8, 4) is 6.07 Å². The van der Waals surface area contributed by atoms with Gasteiger partial charge in [-0.25, -0.2) is 0 Å². The number of carbonyl (C=O) groups is 1. The molecule has 0 saturated carbocycles. The fraction of sp³-hybridized carbons (Fsp3) is 0.429. The van der Waals surface area contributed by atoms with Gasteiger partial charge in [-0.1, -0.05) is 12.1 Å². The molecular weight excluding hydrogens is 240 g/mol. The number of hydrogen-bond acceptors (Lipinski definition) is 4. The highest BCUT2D eigenvalue weighted by atomic mass is 16.2. The molecule has 0 spiro atoms. The molecule has 1 aromatic carbocycles. The lowest BCUT2D eigenvalue weighted by molar-refractivity contribution is -0.130. The molecular formula is C14H18N4O. The van der Waals surface area contributed by atoms with Gasteiger partial charge < -0.3 is 15.1 Å². The van der Waals surface area contributed by atoms with Crippen LogP contribution >= 0.6 is 0 Å². The van der Waals surface area contributed by atoms with Gasteiger partial charge in [0, 0.05) is 26.2 Å². The smallest absolute Gasteiger partial charge is 0.241 e. The third-order valence-electron chi connectivity index (χ3n) is 3.33. The monoisotopic (exact) mass is 258 g/mol. The van der Waals surface area contributed by atoms with Crippen LogP contribution in [-0.4, -0.2) is 55.5 Å². The number of amides is 1. The van der Waals surface area contributed by atoms with Gasteiger partial charge in [0.05, 0.1) is 17.8 Å². The molecule has 1 N–H and O–H groups in total. The Kier molecular flexibility index (Phi) is 4.37. The van der Waals surface area contributed by atoms with E-state index in [0.717, 1.165) is 26.2 Å². The van der Waals surface area contributed by atoms with Crippen molar-refractivity contribution < 1.29 is 4.79 Å². The lowest BCUT2D eigenvalue weighted by Crippen LogP contribution is -2.48. The van der Waals surface area contributed by atoms with E-state index in [0.29, 0.717) is 11.3 Å². The normalized spacial score (nSPS) is 15.9. The molecule has 0 atom stereocenters. The molecule has 0 unspecified atom stereocenters. The van der Waals surface area contributed by atoms with Crippen LogP contribution in [-0.2, 0) is 4.79 Å². The second kappa shape index (κ2) is 6.21. The zero-order chi connectivity index (χ0) is 13.7. The second-order valence-corrected chi connectivity index (χ2v) is 4.70. The van der Waals surface area contributed by atoms with Crippen molar-refractivity contribution in [3.05, 3.63) is 29.8 Å². The largest absolute Gasteiger partial charge is 0.375 e. The van der Waals surface area contributed by atoms with Crippen LogP contribution in [0.25, 0.3) is 0 Å². The summed E-state index contributed by atoms with van der Waals surface area (Å²) in [5.41, 5.74) is 1.28. The minimum atomic E-state index is 0.0841. The van der Waals surface area contributed by atoms with Gasteiger partial charge in [0.1, 0.15) is 6.07 Å². The Hall–Kier alpha value is -2.06. The van der Waals surface area contributed by atoms with Crippen LogP contribution in [0.1, 0.15) is 5.56 Å². The molecule has 1 heterocycles. The number of piperazine rings is 1. The van der Waals surface area contributed by atoms with Crippen molar-refractivity contribution in [3.63, 3.8) is 0 Å². The number of benzene rings is 1. The first-order valence-electron chi connectivity index (χ1n) is 6.40. The Bertz CT molecular complexity index is 486. The van der Waals surface area contributed by atoms with Gasteiger partial charge in [0.25, 0.3) is 0 Å². The number of nitriles is 1. The molecule has 1 amide bonds. The van der Waals surface area contributed by atoms with Crippen LogP contribution in [0.5, 0.6) is 0 Å². The van der Waals surface area contributed by atoms with E-state index < -0.39 is 0 Å². The fourth-order valence-corrected chi connectivity index (χ4v) is 2.07. The van der Waals surface area contributed by atoms with Crippen LogP contribution in [0, 0.1) is 11.3 Å². The number of nitrogens with one attached hydrogen (secondary N) is 1. The lowest BCUT2D eigenvalue weighted by Gasteiger charge is -2.32. The number of para-hydroxylation sites is 1. The highest BCUT2D eigenvalue weighted by Gasteiger charge is 2.18. The van der Waals surface area contributed by atoms with Crippen LogP contribution in [0.3, 0.4) is 0 Å². The third kappa shape index (κ3) is 3.46. The number of likely N-dealkylation sites (N-methyl/N-ethyl adjacent to an activating group) is 1. The molecule has 0 radical (unpaired) electrons. The quantitative estimate of drug-likeness (QED) is 0.869. The van der Waals surface area contributed by atoms with E-state index in [2.05, 4.69) is 23.3 Å². The van der Waals surface area contributed by atoms with Crippen molar-refractivity contribution in [1.29, 1.82) is 5.26 Å². The van der Waals surface area contributed by atoms with E-state index in [1.54, 1.807) is 6.07 Å². The number of hydrogen-bond donors (Lipinski definition) is 1. The van der Waals surface area contributed by atoms with E-state index in [-0.39, 0.29) is 12.5 Å². The molecule has 0 aliphatic carbocycles. The fourth-order valence-electron chi connectivity index (χ4n) is 2.07. The van der Waals surface area contributed by atoms with E-state index in [1.807, 2.05) is 23.1 Å². The van der Waals surface area contributed by atoms with Crippen molar-refractivity contribution in [2.24, 2.45) is 0 Å². The summed E-state index contributed by atoms with van der Waals surface area (Å²) >= 11 is 0. The zero-order valence-electron chi connectivity index (χ0n) is 11.1. The van der Waals surface area contributed by atoms with E-state index in [9.17, 15) is 4.79 Å². The minimum absolute atomic E-state index is 0.0841. The van der Waals surface area contributed by atoms with Crippen LogP contribution in [0.2, 0.25) is 0 Å². The van der Waals surface area contributed by atoms with Gasteiger partial charge in [0.2, 0.25) is 5.91 Å². The summed E-state index contributed by atoms with van der Waals surface area (Å²) < 4.78 is 0. The number of nitrogens with zero attached hydrogens (tertiary/aromatic N) is 3. The van der Waals surface area contributed by atoms with Crippen molar-refractivity contribution in [2.45, 2.75) is 0 Å². The van der Waals surface area contributed by atoms with Crippen molar-refractivity contribution in [2.75, 3.05) is 45.1 Å². The van der Waals surface area contributed by atoms with E-state index >= 15 is 0 Å². The summed E-state index contributed by atoms with van der Waals surface area (Å²) in [5, 5.41) is 12.0. The Morgan fingerprint density at radius 3 is 2.68 bits per heavy atom. The Morgan fingerprint density at radius 1 is 1.32 bits per heavy atom. The summed E-state index contributed by atoms with van der Waals surface area (Å²) in [6.45, 7) is 3.62. The highest BCUT2D eigenvalue weighted by molar-refractivity contribution is 5.81. The molecule has 5 heteroatoms. The average molecular weight is 258 g/mol. The Labute approximate surface area is 113 Å². The van der Waals surface area contributed by atoms with Crippen LogP contribution < -0.4 is 5.32 Å². The maximum atomic E-state index is 12.0. The molecule has 1 saturated heterocycles. The molecule has 5 nitrogen and oxygen atoms in total. The predicted molar refractivity (Wildman–Crippen MR) is 73.7 cm³/mol. The lowest BCUT2D eigenvalue weighted by atomic mass is 10.2. The Morgan fingerprint density at radius 2 is 2.00 bits per heavy atom. The second-order valence-electron chi connectivity index (χ2n) is 4.70. The number of anilines is 1. The number of carbonyl (C=O) groups excluding carboxylic acids is 1. The summed E-state index contributed by atoms with van der Waals surface area (Å²) in [7, 11) is 2.06. The molecule has 19 heavy (non-hydrogen) atoms. The number of rotatable bonds is 3. The highest BCUT2D eigenvalue weighted by Crippen LogP contribution is 2.13. The minimum Gasteiger partial charge on any atom is -0.375 e.